The molecule has 0 aliphatic carbocycles. The fourth-order valence-corrected chi connectivity index (χ4v) is 2.11. The highest BCUT2D eigenvalue weighted by Crippen LogP contribution is 2.30. The first-order valence-electron chi connectivity index (χ1n) is 4.96. The molecule has 1 fully saturated rings. The highest BCUT2D eigenvalue weighted by Gasteiger charge is 2.39. The molecule has 0 N–H and O–H groups in total. The van der Waals surface area contributed by atoms with Crippen LogP contribution in [0.4, 0.5) is 0 Å². The molecule has 2 unspecified atom stereocenters. The van der Waals surface area contributed by atoms with Gasteiger partial charge in [0.25, 0.3) is 0 Å². The van der Waals surface area contributed by atoms with Crippen LogP contribution < -0.4 is 0 Å². The summed E-state index contributed by atoms with van der Waals surface area (Å²) in [4.78, 5) is 0. The summed E-state index contributed by atoms with van der Waals surface area (Å²) >= 11 is 1.73. The van der Waals surface area contributed by atoms with Gasteiger partial charge in [0.15, 0.2) is 0 Å². The van der Waals surface area contributed by atoms with Gasteiger partial charge in [0.2, 0.25) is 0 Å². The third-order valence-electron chi connectivity index (χ3n) is 2.80. The molecular formula is C10H20O2S. The first kappa shape index (κ1) is 11.3. The van der Waals surface area contributed by atoms with Gasteiger partial charge >= 0.3 is 0 Å². The predicted octanol–water partition coefficient (Wildman–Crippen LogP) is 2.53. The Morgan fingerprint density at radius 2 is 2.08 bits per heavy atom. The fourth-order valence-electron chi connectivity index (χ4n) is 1.82. The number of hydrogen-bond donors (Lipinski definition) is 0. The summed E-state index contributed by atoms with van der Waals surface area (Å²) < 4.78 is 11.6. The Bertz CT molecular complexity index is 152. The Morgan fingerprint density at radius 3 is 2.62 bits per heavy atom. The van der Waals surface area contributed by atoms with E-state index in [1.54, 1.807) is 11.8 Å². The van der Waals surface area contributed by atoms with Gasteiger partial charge in [0, 0.05) is 5.92 Å². The molecule has 0 aromatic carbocycles. The van der Waals surface area contributed by atoms with E-state index in [0.717, 1.165) is 12.4 Å². The zero-order valence-corrected chi connectivity index (χ0v) is 9.76. The van der Waals surface area contributed by atoms with E-state index in [1.165, 1.54) is 0 Å². The summed E-state index contributed by atoms with van der Waals surface area (Å²) in [5.41, 5.74) is 0. The lowest BCUT2D eigenvalue weighted by Gasteiger charge is -2.19. The molecule has 1 rings (SSSR count). The maximum absolute atomic E-state index is 5.80. The second kappa shape index (κ2) is 5.23. The molecule has 1 aliphatic heterocycles. The van der Waals surface area contributed by atoms with Crippen LogP contribution in [0.3, 0.4) is 0 Å². The smallest absolute Gasteiger partial charge is 0.0923 e. The van der Waals surface area contributed by atoms with Crippen molar-refractivity contribution in [3.05, 3.63) is 0 Å². The molecule has 1 aliphatic rings. The molecular weight excluding hydrogens is 184 g/mol. The van der Waals surface area contributed by atoms with Crippen molar-refractivity contribution in [1.29, 1.82) is 0 Å². The van der Waals surface area contributed by atoms with E-state index in [9.17, 15) is 0 Å². The number of thioether (sulfide) groups is 1. The van der Waals surface area contributed by atoms with Crippen LogP contribution in [0.15, 0.2) is 0 Å². The lowest BCUT2D eigenvalue weighted by Crippen LogP contribution is -2.28. The molecule has 0 spiro atoms. The topological polar surface area (TPSA) is 18.5 Å². The van der Waals surface area contributed by atoms with Gasteiger partial charge < -0.3 is 9.47 Å². The number of rotatable bonds is 4. The molecule has 0 radical (unpaired) electrons. The van der Waals surface area contributed by atoms with Crippen LogP contribution in [-0.4, -0.2) is 30.5 Å². The predicted molar refractivity (Wildman–Crippen MR) is 57.0 cm³/mol. The van der Waals surface area contributed by atoms with Gasteiger partial charge in [-0.25, -0.2) is 0 Å². The standard InChI is InChI=1S/C10H20O2S/c1-5-9-10(11-6-13-4)7(2)8(3)12-9/h7-10H,5-6H2,1-4H3/t7?,8-,9+,10?/m0/s1. The highest BCUT2D eigenvalue weighted by atomic mass is 32.2. The minimum atomic E-state index is 0.299. The van der Waals surface area contributed by atoms with Gasteiger partial charge in [0.1, 0.15) is 0 Å². The van der Waals surface area contributed by atoms with Crippen molar-refractivity contribution >= 4 is 11.8 Å². The van der Waals surface area contributed by atoms with E-state index in [1.807, 2.05) is 0 Å². The van der Waals surface area contributed by atoms with E-state index in [4.69, 9.17) is 9.47 Å². The minimum Gasteiger partial charge on any atom is -0.372 e. The van der Waals surface area contributed by atoms with Crippen molar-refractivity contribution in [3.8, 4) is 0 Å². The van der Waals surface area contributed by atoms with Crippen molar-refractivity contribution < 1.29 is 9.47 Å². The van der Waals surface area contributed by atoms with Gasteiger partial charge in [-0.05, 0) is 19.6 Å². The molecule has 78 valence electrons. The Kier molecular flexibility index (Phi) is 4.56. The van der Waals surface area contributed by atoms with Gasteiger partial charge in [-0.15, -0.1) is 11.8 Å². The third kappa shape index (κ3) is 2.61. The Morgan fingerprint density at radius 1 is 1.38 bits per heavy atom. The molecule has 13 heavy (non-hydrogen) atoms. The normalized spacial score (nSPS) is 39.7. The molecule has 1 saturated heterocycles. The van der Waals surface area contributed by atoms with Crippen LogP contribution in [0.2, 0.25) is 0 Å². The van der Waals surface area contributed by atoms with Crippen LogP contribution in [0.1, 0.15) is 27.2 Å². The molecule has 0 aromatic heterocycles. The fraction of sp³-hybridized carbons (Fsp3) is 1.00. The van der Waals surface area contributed by atoms with Crippen LogP contribution in [-0.2, 0) is 9.47 Å². The van der Waals surface area contributed by atoms with Crippen LogP contribution >= 0.6 is 11.8 Å². The molecule has 0 saturated carbocycles. The lowest BCUT2D eigenvalue weighted by molar-refractivity contribution is -0.00812. The monoisotopic (exact) mass is 204 g/mol. The number of hydrogen-bond acceptors (Lipinski definition) is 3. The zero-order valence-electron chi connectivity index (χ0n) is 8.95. The van der Waals surface area contributed by atoms with Gasteiger partial charge in [-0.2, -0.15) is 0 Å². The van der Waals surface area contributed by atoms with Crippen molar-refractivity contribution in [3.63, 3.8) is 0 Å². The van der Waals surface area contributed by atoms with Crippen molar-refractivity contribution in [2.45, 2.75) is 45.5 Å². The Labute approximate surface area is 85.4 Å². The summed E-state index contributed by atoms with van der Waals surface area (Å²) in [6, 6.07) is 0. The van der Waals surface area contributed by atoms with Crippen LogP contribution in [0.25, 0.3) is 0 Å². The van der Waals surface area contributed by atoms with Crippen molar-refractivity contribution in [2.24, 2.45) is 5.92 Å². The highest BCUT2D eigenvalue weighted by molar-refractivity contribution is 7.98. The van der Waals surface area contributed by atoms with E-state index in [0.29, 0.717) is 24.2 Å². The van der Waals surface area contributed by atoms with Gasteiger partial charge in [0.05, 0.1) is 24.3 Å². The third-order valence-corrected chi connectivity index (χ3v) is 3.17. The van der Waals surface area contributed by atoms with E-state index in [-0.39, 0.29) is 0 Å². The molecule has 3 heteroatoms. The van der Waals surface area contributed by atoms with Crippen LogP contribution in [0.5, 0.6) is 0 Å². The van der Waals surface area contributed by atoms with Crippen LogP contribution in [0, 0.1) is 5.92 Å². The van der Waals surface area contributed by atoms with Gasteiger partial charge in [-0.3, -0.25) is 0 Å². The summed E-state index contributed by atoms with van der Waals surface area (Å²) in [5.74, 6) is 1.30. The van der Waals surface area contributed by atoms with E-state index < -0.39 is 0 Å². The van der Waals surface area contributed by atoms with Crippen molar-refractivity contribution in [2.75, 3.05) is 12.2 Å². The summed E-state index contributed by atoms with van der Waals surface area (Å²) in [6.07, 6.45) is 4.06. The summed E-state index contributed by atoms with van der Waals surface area (Å²) in [6.45, 7) is 6.51. The maximum Gasteiger partial charge on any atom is 0.0923 e. The molecule has 0 amide bonds. The molecule has 4 atom stereocenters. The average molecular weight is 204 g/mol. The van der Waals surface area contributed by atoms with Gasteiger partial charge in [-0.1, -0.05) is 13.8 Å². The second-order valence-electron chi connectivity index (χ2n) is 3.68. The largest absolute Gasteiger partial charge is 0.372 e. The molecule has 2 nitrogen and oxygen atoms in total. The molecule has 0 bridgehead atoms. The lowest BCUT2D eigenvalue weighted by atomic mass is 9.98. The molecule has 1 heterocycles. The number of ether oxygens (including phenoxy) is 2. The second-order valence-corrected chi connectivity index (χ2v) is 4.50. The zero-order chi connectivity index (χ0) is 9.84. The first-order chi connectivity index (χ1) is 6.20. The van der Waals surface area contributed by atoms with E-state index in [2.05, 4.69) is 27.0 Å². The minimum absolute atomic E-state index is 0.299. The summed E-state index contributed by atoms with van der Waals surface area (Å²) in [7, 11) is 0. The van der Waals surface area contributed by atoms with Crippen molar-refractivity contribution in [1.82, 2.24) is 0 Å². The Balaban J connectivity index is 2.47. The summed E-state index contributed by atoms with van der Waals surface area (Å²) in [5, 5.41) is 0. The first-order valence-corrected chi connectivity index (χ1v) is 6.36. The Hall–Kier alpha value is 0.270. The SMILES string of the molecule is CC[C@H]1O[C@@H](C)C(C)C1OCSC. The quantitative estimate of drug-likeness (QED) is 0.656. The maximum atomic E-state index is 5.80. The van der Waals surface area contributed by atoms with E-state index >= 15 is 0 Å². The average Bonchev–Trinajstić information content (AvgIpc) is 2.40. The molecule has 0 aromatic rings.